The lowest BCUT2D eigenvalue weighted by Crippen LogP contribution is -2.26. The van der Waals surface area contributed by atoms with Gasteiger partial charge in [0.1, 0.15) is 0 Å². The van der Waals surface area contributed by atoms with Crippen molar-refractivity contribution >= 4 is 27.9 Å². The van der Waals surface area contributed by atoms with Gasteiger partial charge in [0, 0.05) is 10.5 Å². The van der Waals surface area contributed by atoms with Crippen LogP contribution in [0.3, 0.4) is 0 Å². The van der Waals surface area contributed by atoms with Gasteiger partial charge in [-0.05, 0) is 30.5 Å². The van der Waals surface area contributed by atoms with Crippen LogP contribution in [0, 0.1) is 0 Å². The van der Waals surface area contributed by atoms with Crippen molar-refractivity contribution < 1.29 is 9.63 Å². The minimum atomic E-state index is -0.224. The number of carbonyl (C=O) groups is 1. The zero-order valence-corrected chi connectivity index (χ0v) is 11.7. The fourth-order valence-corrected chi connectivity index (χ4v) is 2.37. The summed E-state index contributed by atoms with van der Waals surface area (Å²) < 4.78 is 0.964. The molecule has 0 unspecified atom stereocenters. The SMILES string of the molecule is O=C(/C=C/c1ccccc1Br)NOC1CCCC1. The quantitative estimate of drug-likeness (QED) is 0.683. The lowest BCUT2D eigenvalue weighted by atomic mass is 10.2. The smallest absolute Gasteiger partial charge is 0.267 e. The van der Waals surface area contributed by atoms with E-state index in [-0.39, 0.29) is 12.0 Å². The van der Waals surface area contributed by atoms with Gasteiger partial charge in [-0.15, -0.1) is 0 Å². The highest BCUT2D eigenvalue weighted by molar-refractivity contribution is 9.10. The molecule has 18 heavy (non-hydrogen) atoms. The Kier molecular flexibility index (Phi) is 4.96. The van der Waals surface area contributed by atoms with E-state index in [1.807, 2.05) is 24.3 Å². The lowest BCUT2D eigenvalue weighted by molar-refractivity contribution is -0.132. The number of hydrogen-bond donors (Lipinski definition) is 1. The number of rotatable bonds is 4. The first-order valence-corrected chi connectivity index (χ1v) is 6.93. The first-order valence-electron chi connectivity index (χ1n) is 6.14. The predicted octanol–water partition coefficient (Wildman–Crippen LogP) is 3.45. The molecule has 96 valence electrons. The monoisotopic (exact) mass is 309 g/mol. The van der Waals surface area contributed by atoms with Gasteiger partial charge in [-0.2, -0.15) is 0 Å². The van der Waals surface area contributed by atoms with Gasteiger partial charge in [0.25, 0.3) is 5.91 Å². The third kappa shape index (κ3) is 3.96. The van der Waals surface area contributed by atoms with E-state index >= 15 is 0 Å². The van der Waals surface area contributed by atoms with Gasteiger partial charge in [-0.1, -0.05) is 47.0 Å². The molecule has 1 aromatic carbocycles. The second kappa shape index (κ2) is 6.71. The van der Waals surface area contributed by atoms with Crippen molar-refractivity contribution in [2.45, 2.75) is 31.8 Å². The average molecular weight is 310 g/mol. The van der Waals surface area contributed by atoms with Gasteiger partial charge in [0.2, 0.25) is 0 Å². The third-order valence-corrected chi connectivity index (χ3v) is 3.67. The van der Waals surface area contributed by atoms with Crippen molar-refractivity contribution in [3.8, 4) is 0 Å². The molecule has 0 heterocycles. The second-order valence-electron chi connectivity index (χ2n) is 4.35. The molecule has 2 rings (SSSR count). The Labute approximate surface area is 115 Å². The predicted molar refractivity (Wildman–Crippen MR) is 74.7 cm³/mol. The molecule has 1 aliphatic carbocycles. The van der Waals surface area contributed by atoms with E-state index in [9.17, 15) is 4.79 Å². The minimum absolute atomic E-state index is 0.186. The van der Waals surface area contributed by atoms with E-state index in [0.717, 1.165) is 22.9 Å². The van der Waals surface area contributed by atoms with Crippen molar-refractivity contribution in [3.05, 3.63) is 40.4 Å². The molecule has 1 N–H and O–H groups in total. The molecule has 1 aliphatic rings. The second-order valence-corrected chi connectivity index (χ2v) is 5.20. The van der Waals surface area contributed by atoms with Crippen LogP contribution in [0.1, 0.15) is 31.2 Å². The lowest BCUT2D eigenvalue weighted by Gasteiger charge is -2.09. The third-order valence-electron chi connectivity index (χ3n) is 2.95. The van der Waals surface area contributed by atoms with Crippen LogP contribution in [-0.4, -0.2) is 12.0 Å². The molecule has 0 atom stereocenters. The molecule has 1 aromatic rings. The van der Waals surface area contributed by atoms with E-state index in [1.165, 1.54) is 18.9 Å². The highest BCUT2D eigenvalue weighted by atomic mass is 79.9. The number of nitrogens with one attached hydrogen (secondary N) is 1. The zero-order chi connectivity index (χ0) is 12.8. The Hall–Kier alpha value is -1.13. The number of amides is 1. The van der Waals surface area contributed by atoms with Crippen molar-refractivity contribution in [2.24, 2.45) is 0 Å². The summed E-state index contributed by atoms with van der Waals surface area (Å²) in [6.07, 6.45) is 7.88. The highest BCUT2D eigenvalue weighted by Crippen LogP contribution is 2.20. The molecule has 1 fully saturated rings. The molecule has 0 bridgehead atoms. The first kappa shape index (κ1) is 13.3. The number of carbonyl (C=O) groups excluding carboxylic acids is 1. The highest BCUT2D eigenvalue weighted by Gasteiger charge is 2.16. The van der Waals surface area contributed by atoms with Crippen LogP contribution in [0.25, 0.3) is 6.08 Å². The number of hydroxylamine groups is 1. The molecule has 1 saturated carbocycles. The maximum atomic E-state index is 11.5. The number of hydrogen-bond acceptors (Lipinski definition) is 2. The Bertz CT molecular complexity index is 439. The van der Waals surface area contributed by atoms with E-state index in [4.69, 9.17) is 4.84 Å². The molecule has 0 spiro atoms. The summed E-state index contributed by atoms with van der Waals surface area (Å²) in [7, 11) is 0. The number of benzene rings is 1. The molecule has 1 amide bonds. The molecular weight excluding hydrogens is 294 g/mol. The summed E-state index contributed by atoms with van der Waals surface area (Å²) in [6.45, 7) is 0. The molecule has 4 heteroatoms. The molecule has 0 aromatic heterocycles. The normalized spacial score (nSPS) is 16.3. The fourth-order valence-electron chi connectivity index (χ4n) is 1.96. The summed E-state index contributed by atoms with van der Waals surface area (Å²) in [4.78, 5) is 16.9. The van der Waals surface area contributed by atoms with Crippen LogP contribution >= 0.6 is 15.9 Å². The van der Waals surface area contributed by atoms with E-state index in [0.29, 0.717) is 0 Å². The molecule has 0 saturated heterocycles. The molecule has 3 nitrogen and oxygen atoms in total. The Morgan fingerprint density at radius 1 is 1.33 bits per heavy atom. The standard InChI is InChI=1S/C14H16BrNO2/c15-13-8-4-1-5-11(13)9-10-14(17)16-18-12-6-2-3-7-12/h1,4-5,8-10,12H,2-3,6-7H2,(H,16,17)/b10-9+. The van der Waals surface area contributed by atoms with Gasteiger partial charge in [-0.3, -0.25) is 9.63 Å². The van der Waals surface area contributed by atoms with Crippen LogP contribution in [0.15, 0.2) is 34.8 Å². The molecule has 0 radical (unpaired) electrons. The minimum Gasteiger partial charge on any atom is -0.270 e. The fraction of sp³-hybridized carbons (Fsp3) is 0.357. The summed E-state index contributed by atoms with van der Waals surface area (Å²) in [5, 5.41) is 0. The van der Waals surface area contributed by atoms with Gasteiger partial charge in [0.15, 0.2) is 0 Å². The van der Waals surface area contributed by atoms with Crippen LogP contribution in [0.2, 0.25) is 0 Å². The van der Waals surface area contributed by atoms with Crippen molar-refractivity contribution in [3.63, 3.8) is 0 Å². The van der Waals surface area contributed by atoms with Crippen molar-refractivity contribution in [2.75, 3.05) is 0 Å². The Morgan fingerprint density at radius 3 is 2.78 bits per heavy atom. The van der Waals surface area contributed by atoms with Crippen LogP contribution < -0.4 is 5.48 Å². The van der Waals surface area contributed by atoms with Crippen LogP contribution in [0.4, 0.5) is 0 Å². The van der Waals surface area contributed by atoms with Crippen LogP contribution in [-0.2, 0) is 9.63 Å². The summed E-state index contributed by atoms with van der Waals surface area (Å²) in [5.41, 5.74) is 3.44. The van der Waals surface area contributed by atoms with Crippen LogP contribution in [0.5, 0.6) is 0 Å². The van der Waals surface area contributed by atoms with Gasteiger partial charge in [0.05, 0.1) is 6.10 Å². The first-order chi connectivity index (χ1) is 8.75. The largest absolute Gasteiger partial charge is 0.270 e. The maximum Gasteiger partial charge on any atom is 0.267 e. The summed E-state index contributed by atoms with van der Waals surface area (Å²) in [6, 6.07) is 7.74. The Balaban J connectivity index is 1.81. The van der Waals surface area contributed by atoms with Gasteiger partial charge in [-0.25, -0.2) is 5.48 Å². The number of halogens is 1. The van der Waals surface area contributed by atoms with Gasteiger partial charge < -0.3 is 0 Å². The Morgan fingerprint density at radius 2 is 2.06 bits per heavy atom. The van der Waals surface area contributed by atoms with Crippen molar-refractivity contribution in [1.82, 2.24) is 5.48 Å². The summed E-state index contributed by atoms with van der Waals surface area (Å²) in [5.74, 6) is -0.224. The molecule has 0 aliphatic heterocycles. The zero-order valence-electron chi connectivity index (χ0n) is 10.1. The topological polar surface area (TPSA) is 38.3 Å². The van der Waals surface area contributed by atoms with E-state index in [2.05, 4.69) is 21.4 Å². The van der Waals surface area contributed by atoms with E-state index < -0.39 is 0 Å². The average Bonchev–Trinajstić information content (AvgIpc) is 2.88. The van der Waals surface area contributed by atoms with Gasteiger partial charge >= 0.3 is 0 Å². The maximum absolute atomic E-state index is 11.5. The van der Waals surface area contributed by atoms with E-state index in [1.54, 1.807) is 6.08 Å². The summed E-state index contributed by atoms with van der Waals surface area (Å²) >= 11 is 3.43. The van der Waals surface area contributed by atoms with Crippen molar-refractivity contribution in [1.29, 1.82) is 0 Å². The molecular formula is C14H16BrNO2.